The van der Waals surface area contributed by atoms with E-state index in [2.05, 4.69) is 4.72 Å². The van der Waals surface area contributed by atoms with Crippen LogP contribution in [0.25, 0.3) is 0 Å². The van der Waals surface area contributed by atoms with Crippen molar-refractivity contribution >= 4 is 33.2 Å². The van der Waals surface area contributed by atoms with Crippen molar-refractivity contribution in [3.8, 4) is 0 Å². The molecule has 1 N–H and O–H groups in total. The Balaban J connectivity index is 1.75. The molecule has 0 radical (unpaired) electrons. The summed E-state index contributed by atoms with van der Waals surface area (Å²) in [6.07, 6.45) is 0. The number of anilines is 1. The van der Waals surface area contributed by atoms with Crippen LogP contribution in [0.5, 0.6) is 0 Å². The van der Waals surface area contributed by atoms with Gasteiger partial charge in [-0.2, -0.15) is 0 Å². The Morgan fingerprint density at radius 1 is 1.19 bits per heavy atom. The van der Waals surface area contributed by atoms with Crippen molar-refractivity contribution in [1.82, 2.24) is 4.90 Å². The Kier molecular flexibility index (Phi) is 5.50. The first-order valence-electron chi connectivity index (χ1n) is 8.14. The fourth-order valence-electron chi connectivity index (χ4n) is 2.75. The molecule has 0 spiro atoms. The summed E-state index contributed by atoms with van der Waals surface area (Å²) < 4.78 is 32.7. The van der Waals surface area contributed by atoms with Gasteiger partial charge in [0.05, 0.1) is 24.3 Å². The number of hydrogen-bond donors (Lipinski definition) is 1. The van der Waals surface area contributed by atoms with E-state index >= 15 is 0 Å². The van der Waals surface area contributed by atoms with E-state index in [1.54, 1.807) is 41.3 Å². The second kappa shape index (κ2) is 7.65. The second-order valence-corrected chi connectivity index (χ2v) is 8.09. The van der Waals surface area contributed by atoms with Crippen molar-refractivity contribution < 1.29 is 17.9 Å². The van der Waals surface area contributed by atoms with Gasteiger partial charge in [-0.25, -0.2) is 8.42 Å². The van der Waals surface area contributed by atoms with Crippen LogP contribution in [0.15, 0.2) is 53.4 Å². The van der Waals surface area contributed by atoms with Crippen LogP contribution < -0.4 is 4.72 Å². The van der Waals surface area contributed by atoms with Gasteiger partial charge in [0.2, 0.25) is 0 Å². The summed E-state index contributed by atoms with van der Waals surface area (Å²) in [5.74, 6) is -0.0960. The largest absolute Gasteiger partial charge is 0.377 e. The van der Waals surface area contributed by atoms with E-state index in [1.165, 1.54) is 12.1 Å². The van der Waals surface area contributed by atoms with E-state index < -0.39 is 10.0 Å². The van der Waals surface area contributed by atoms with Gasteiger partial charge >= 0.3 is 0 Å². The third-order valence-corrected chi connectivity index (χ3v) is 6.02. The molecule has 1 amide bonds. The molecule has 1 fully saturated rings. The first-order valence-corrected chi connectivity index (χ1v) is 10.0. The lowest BCUT2D eigenvalue weighted by Gasteiger charge is -2.33. The van der Waals surface area contributed by atoms with Crippen LogP contribution in [0.3, 0.4) is 0 Å². The van der Waals surface area contributed by atoms with Gasteiger partial charge in [-0.3, -0.25) is 9.52 Å². The van der Waals surface area contributed by atoms with Gasteiger partial charge in [-0.1, -0.05) is 23.7 Å². The van der Waals surface area contributed by atoms with E-state index in [0.717, 1.165) is 0 Å². The molecule has 2 aromatic carbocycles. The minimum Gasteiger partial charge on any atom is -0.377 e. The fourth-order valence-corrected chi connectivity index (χ4v) is 4.33. The number of halogens is 1. The zero-order valence-electron chi connectivity index (χ0n) is 14.2. The Morgan fingerprint density at radius 3 is 2.54 bits per heavy atom. The molecule has 0 saturated carbocycles. The first-order chi connectivity index (χ1) is 12.4. The lowest BCUT2D eigenvalue weighted by Crippen LogP contribution is -2.47. The van der Waals surface area contributed by atoms with Crippen LogP contribution in [0, 0.1) is 0 Å². The quantitative estimate of drug-likeness (QED) is 0.864. The monoisotopic (exact) mass is 394 g/mol. The number of nitrogens with zero attached hydrogens (tertiary/aromatic N) is 1. The summed E-state index contributed by atoms with van der Waals surface area (Å²) in [5.41, 5.74) is 0.857. The Bertz CT molecular complexity index is 900. The number of sulfonamides is 1. The van der Waals surface area contributed by atoms with Crippen LogP contribution in [0.1, 0.15) is 17.3 Å². The standard InChI is InChI=1S/C18H19ClN2O4S/c1-13-12-25-11-10-21(13)18(22)14-6-8-15(9-7-14)20-26(23,24)17-5-3-2-4-16(17)19/h2-9,13,20H,10-12H2,1H3. The SMILES string of the molecule is CC1COCCN1C(=O)c1ccc(NS(=O)(=O)c2ccccc2Cl)cc1. The molecule has 1 atom stereocenters. The summed E-state index contributed by atoms with van der Waals surface area (Å²) in [5, 5.41) is 0.146. The molecule has 1 heterocycles. The Labute approximate surface area is 157 Å². The van der Waals surface area contributed by atoms with Crippen LogP contribution in [0.2, 0.25) is 5.02 Å². The lowest BCUT2D eigenvalue weighted by molar-refractivity contribution is 0.00359. The zero-order chi connectivity index (χ0) is 18.7. The molecule has 0 aromatic heterocycles. The van der Waals surface area contributed by atoms with Gasteiger partial charge in [0.15, 0.2) is 0 Å². The van der Waals surface area contributed by atoms with E-state index in [-0.39, 0.29) is 21.9 Å². The highest BCUT2D eigenvalue weighted by Gasteiger charge is 2.25. The van der Waals surface area contributed by atoms with Crippen molar-refractivity contribution in [3.63, 3.8) is 0 Å². The molecule has 3 rings (SSSR count). The second-order valence-electron chi connectivity index (χ2n) is 6.04. The van der Waals surface area contributed by atoms with Crippen molar-refractivity contribution in [1.29, 1.82) is 0 Å². The van der Waals surface area contributed by atoms with E-state index in [1.807, 2.05) is 6.92 Å². The number of nitrogens with one attached hydrogen (secondary N) is 1. The van der Waals surface area contributed by atoms with Crippen LogP contribution >= 0.6 is 11.6 Å². The molecular formula is C18H19ClN2O4S. The number of rotatable bonds is 4. The zero-order valence-corrected chi connectivity index (χ0v) is 15.8. The molecular weight excluding hydrogens is 376 g/mol. The third-order valence-electron chi connectivity index (χ3n) is 4.14. The molecule has 8 heteroatoms. The maximum atomic E-state index is 12.6. The molecule has 1 saturated heterocycles. The molecule has 2 aromatic rings. The number of carbonyl (C=O) groups is 1. The molecule has 0 aliphatic carbocycles. The first kappa shape index (κ1) is 18.7. The molecule has 26 heavy (non-hydrogen) atoms. The third kappa shape index (κ3) is 4.00. The summed E-state index contributed by atoms with van der Waals surface area (Å²) in [4.78, 5) is 14.3. The number of ether oxygens (including phenoxy) is 1. The van der Waals surface area contributed by atoms with Crippen molar-refractivity contribution in [3.05, 3.63) is 59.1 Å². The van der Waals surface area contributed by atoms with Gasteiger partial charge in [0.1, 0.15) is 4.90 Å². The number of amides is 1. The highest BCUT2D eigenvalue weighted by atomic mass is 35.5. The average molecular weight is 395 g/mol. The summed E-state index contributed by atoms with van der Waals surface area (Å²) in [6.45, 7) is 3.51. The average Bonchev–Trinajstić information content (AvgIpc) is 2.62. The molecule has 138 valence electrons. The van der Waals surface area contributed by atoms with Gasteiger partial charge < -0.3 is 9.64 Å². The Hall–Kier alpha value is -2.09. The summed E-state index contributed by atoms with van der Waals surface area (Å²) >= 11 is 5.96. The van der Waals surface area contributed by atoms with Crippen molar-refractivity contribution in [2.75, 3.05) is 24.5 Å². The number of carbonyl (C=O) groups excluding carboxylic acids is 1. The van der Waals surface area contributed by atoms with Crippen LogP contribution in [0.4, 0.5) is 5.69 Å². The van der Waals surface area contributed by atoms with Gasteiger partial charge in [-0.05, 0) is 43.3 Å². The minimum atomic E-state index is -3.80. The van der Waals surface area contributed by atoms with Crippen LogP contribution in [-0.2, 0) is 14.8 Å². The van der Waals surface area contributed by atoms with Gasteiger partial charge in [0, 0.05) is 17.8 Å². The smallest absolute Gasteiger partial charge is 0.263 e. The fraction of sp³-hybridized carbons (Fsp3) is 0.278. The van der Waals surface area contributed by atoms with E-state index in [9.17, 15) is 13.2 Å². The van der Waals surface area contributed by atoms with Gasteiger partial charge in [0.25, 0.3) is 15.9 Å². The van der Waals surface area contributed by atoms with Gasteiger partial charge in [-0.15, -0.1) is 0 Å². The highest BCUT2D eigenvalue weighted by molar-refractivity contribution is 7.92. The lowest BCUT2D eigenvalue weighted by atomic mass is 10.1. The minimum absolute atomic E-state index is 0.00367. The maximum Gasteiger partial charge on any atom is 0.263 e. The molecule has 6 nitrogen and oxygen atoms in total. The number of morpholine rings is 1. The van der Waals surface area contributed by atoms with E-state index in [0.29, 0.717) is 31.0 Å². The Morgan fingerprint density at radius 2 is 1.88 bits per heavy atom. The van der Waals surface area contributed by atoms with Crippen LogP contribution in [-0.4, -0.2) is 45.0 Å². The normalized spacial score (nSPS) is 17.8. The molecule has 1 unspecified atom stereocenters. The number of hydrogen-bond acceptors (Lipinski definition) is 4. The highest BCUT2D eigenvalue weighted by Crippen LogP contribution is 2.23. The summed E-state index contributed by atoms with van der Waals surface area (Å²) in [7, 11) is -3.80. The van der Waals surface area contributed by atoms with E-state index in [4.69, 9.17) is 16.3 Å². The molecule has 1 aliphatic heterocycles. The predicted molar refractivity (Wildman–Crippen MR) is 100 cm³/mol. The topological polar surface area (TPSA) is 75.7 Å². The number of benzene rings is 2. The molecule has 1 aliphatic rings. The molecule has 0 bridgehead atoms. The maximum absolute atomic E-state index is 12.6. The predicted octanol–water partition coefficient (Wildman–Crippen LogP) is 3.00. The summed E-state index contributed by atoms with van der Waals surface area (Å²) in [6, 6.07) is 12.6. The van der Waals surface area contributed by atoms with Crippen molar-refractivity contribution in [2.24, 2.45) is 0 Å². The van der Waals surface area contributed by atoms with Crippen molar-refractivity contribution in [2.45, 2.75) is 17.9 Å².